The van der Waals surface area contributed by atoms with E-state index in [0.717, 1.165) is 0 Å². The number of carboxylic acids is 1. The molecule has 30 heavy (non-hydrogen) atoms. The lowest BCUT2D eigenvalue weighted by molar-refractivity contribution is -0.137. The molecule has 0 saturated heterocycles. The summed E-state index contributed by atoms with van der Waals surface area (Å²) in [6, 6.07) is 12.1. The zero-order valence-electron chi connectivity index (χ0n) is 16.0. The molecule has 0 aliphatic heterocycles. The molecule has 2 aromatic carbocycles. The molecule has 2 N–H and O–H groups in total. The van der Waals surface area contributed by atoms with Gasteiger partial charge in [0.05, 0.1) is 22.8 Å². The number of carbonyl (C=O) groups excluding carboxylic acids is 1. The lowest BCUT2D eigenvalue weighted by atomic mass is 10.2. The van der Waals surface area contributed by atoms with Crippen LogP contribution in [0, 0.1) is 18.3 Å². The van der Waals surface area contributed by atoms with Crippen LogP contribution in [0.4, 0.5) is 5.69 Å². The molecular formula is C20H17N3O6S. The quantitative estimate of drug-likeness (QED) is 0.577. The molecule has 0 saturated carbocycles. The summed E-state index contributed by atoms with van der Waals surface area (Å²) in [4.78, 5) is 22.7. The predicted octanol–water partition coefficient (Wildman–Crippen LogP) is 2.63. The molecule has 9 nitrogen and oxygen atoms in total. The average Bonchev–Trinajstić information content (AvgIpc) is 2.95. The van der Waals surface area contributed by atoms with Gasteiger partial charge < -0.3 is 19.2 Å². The van der Waals surface area contributed by atoms with Gasteiger partial charge in [-0.2, -0.15) is 13.7 Å². The van der Waals surface area contributed by atoms with Crippen LogP contribution in [0.5, 0.6) is 5.75 Å². The zero-order valence-corrected chi connectivity index (χ0v) is 16.9. The maximum absolute atomic E-state index is 13.2. The van der Waals surface area contributed by atoms with Crippen LogP contribution in [0.25, 0.3) is 10.9 Å². The number of benzene rings is 2. The lowest BCUT2D eigenvalue weighted by Crippen LogP contribution is -2.14. The summed E-state index contributed by atoms with van der Waals surface area (Å²) < 4.78 is 32.9. The van der Waals surface area contributed by atoms with Gasteiger partial charge in [0.2, 0.25) is 5.91 Å². The molecule has 0 aliphatic rings. The molecule has 10 heteroatoms. The fraction of sp³-hybridized carbons (Fsp3) is 0.150. The van der Waals surface area contributed by atoms with Crippen molar-refractivity contribution in [3.8, 4) is 11.8 Å². The fourth-order valence-electron chi connectivity index (χ4n) is 3.18. The third-order valence-corrected chi connectivity index (χ3v) is 5.75. The number of hydrogen-bond donors (Lipinski definition) is 2. The van der Waals surface area contributed by atoms with Gasteiger partial charge >= 0.3 is 16.1 Å². The van der Waals surface area contributed by atoms with Gasteiger partial charge in [-0.05, 0) is 43.3 Å². The Morgan fingerprint density at radius 1 is 1.20 bits per heavy atom. The maximum Gasteiger partial charge on any atom is 0.341 e. The van der Waals surface area contributed by atoms with E-state index in [1.807, 2.05) is 6.07 Å². The highest BCUT2D eigenvalue weighted by Crippen LogP contribution is 2.36. The fourth-order valence-corrected chi connectivity index (χ4v) is 4.56. The van der Waals surface area contributed by atoms with E-state index in [-0.39, 0.29) is 27.4 Å². The van der Waals surface area contributed by atoms with Gasteiger partial charge in [0.25, 0.3) is 0 Å². The van der Waals surface area contributed by atoms with E-state index < -0.39 is 28.5 Å². The Balaban J connectivity index is 2.24. The van der Waals surface area contributed by atoms with Gasteiger partial charge in [-0.3, -0.25) is 9.59 Å². The first-order valence-electron chi connectivity index (χ1n) is 8.70. The second-order valence-electron chi connectivity index (χ2n) is 6.45. The van der Waals surface area contributed by atoms with Crippen LogP contribution in [-0.4, -0.2) is 30.0 Å². The Hall–Kier alpha value is -3.84. The second kappa shape index (κ2) is 7.88. The summed E-state index contributed by atoms with van der Waals surface area (Å²) in [6.07, 6.45) is 0. The highest BCUT2D eigenvalue weighted by atomic mass is 32.2. The number of carbonyl (C=O) groups is 2. The Kier molecular flexibility index (Phi) is 5.49. The van der Waals surface area contributed by atoms with E-state index in [4.69, 9.17) is 9.44 Å². The van der Waals surface area contributed by atoms with Crippen molar-refractivity contribution in [2.45, 2.75) is 25.3 Å². The number of aromatic nitrogens is 1. The van der Waals surface area contributed by atoms with Crippen LogP contribution in [0.1, 0.15) is 18.2 Å². The van der Waals surface area contributed by atoms with Crippen molar-refractivity contribution in [3.05, 3.63) is 53.7 Å². The molecule has 0 bridgehead atoms. The minimum Gasteiger partial charge on any atom is -0.480 e. The van der Waals surface area contributed by atoms with E-state index in [1.54, 1.807) is 12.1 Å². The molecule has 3 aromatic rings. The average molecular weight is 427 g/mol. The van der Waals surface area contributed by atoms with Gasteiger partial charge in [-0.25, -0.2) is 0 Å². The Morgan fingerprint density at radius 3 is 2.43 bits per heavy atom. The van der Waals surface area contributed by atoms with E-state index in [9.17, 15) is 23.1 Å². The van der Waals surface area contributed by atoms with Crippen LogP contribution in [0.2, 0.25) is 0 Å². The molecule has 0 spiro atoms. The first-order chi connectivity index (χ1) is 14.1. The number of anilines is 1. The standard InChI is InChI=1S/C20H17N3O6S/c1-12-20(30(27,28)29-15-8-6-14(10-21)7-9-15)19-16(22-13(2)24)4-3-5-17(19)23(12)11-18(25)26/h3-9H,11H2,1-2H3,(H,22,24)(H,25,26). The predicted molar refractivity (Wildman–Crippen MR) is 108 cm³/mol. The van der Waals surface area contributed by atoms with Gasteiger partial charge in [-0.1, -0.05) is 6.07 Å². The number of carboxylic acid groups (broad SMARTS) is 1. The first-order valence-corrected chi connectivity index (χ1v) is 10.1. The van der Waals surface area contributed by atoms with Gasteiger partial charge in [0.1, 0.15) is 17.2 Å². The number of nitriles is 1. The molecule has 0 fully saturated rings. The third kappa shape index (κ3) is 3.97. The second-order valence-corrected chi connectivity index (χ2v) is 7.93. The topological polar surface area (TPSA) is 138 Å². The summed E-state index contributed by atoms with van der Waals surface area (Å²) in [7, 11) is -4.41. The third-order valence-electron chi connectivity index (χ3n) is 4.34. The largest absolute Gasteiger partial charge is 0.480 e. The number of fused-ring (bicyclic) bond motifs is 1. The molecule has 0 unspecified atom stereocenters. The number of amides is 1. The van der Waals surface area contributed by atoms with Crippen molar-refractivity contribution in [2.75, 3.05) is 5.32 Å². The van der Waals surface area contributed by atoms with Gasteiger partial charge in [-0.15, -0.1) is 0 Å². The van der Waals surface area contributed by atoms with Crippen molar-refractivity contribution < 1.29 is 27.3 Å². The lowest BCUT2D eigenvalue weighted by Gasteiger charge is -2.10. The number of aliphatic carboxylic acids is 1. The molecular weight excluding hydrogens is 410 g/mol. The van der Waals surface area contributed by atoms with Gasteiger partial charge in [0.15, 0.2) is 0 Å². The number of nitrogens with one attached hydrogen (secondary N) is 1. The normalized spacial score (nSPS) is 11.1. The van der Waals surface area contributed by atoms with E-state index in [2.05, 4.69) is 5.32 Å². The van der Waals surface area contributed by atoms with Crippen molar-refractivity contribution >= 4 is 38.6 Å². The first kappa shape index (κ1) is 20.9. The van der Waals surface area contributed by atoms with Crippen LogP contribution in [-0.2, 0) is 26.3 Å². The molecule has 3 rings (SSSR count). The summed E-state index contributed by atoms with van der Waals surface area (Å²) in [6.45, 7) is 2.27. The van der Waals surface area contributed by atoms with Crippen LogP contribution in [0.15, 0.2) is 47.4 Å². The van der Waals surface area contributed by atoms with Crippen molar-refractivity contribution in [2.24, 2.45) is 0 Å². The van der Waals surface area contributed by atoms with Crippen LogP contribution >= 0.6 is 0 Å². The minimum atomic E-state index is -4.41. The number of rotatable bonds is 6. The van der Waals surface area contributed by atoms with E-state index in [1.165, 1.54) is 48.7 Å². The smallest absolute Gasteiger partial charge is 0.341 e. The Morgan fingerprint density at radius 2 is 1.87 bits per heavy atom. The summed E-state index contributed by atoms with van der Waals surface area (Å²) in [5.41, 5.74) is 1.03. The Labute approximate surface area is 172 Å². The minimum absolute atomic E-state index is 0.00968. The molecule has 0 aliphatic carbocycles. The van der Waals surface area contributed by atoms with Crippen molar-refractivity contribution in [1.29, 1.82) is 5.26 Å². The molecule has 1 heterocycles. The zero-order chi connectivity index (χ0) is 22.1. The van der Waals surface area contributed by atoms with Crippen LogP contribution < -0.4 is 9.50 Å². The van der Waals surface area contributed by atoms with Crippen LogP contribution in [0.3, 0.4) is 0 Å². The number of nitrogens with zero attached hydrogens (tertiary/aromatic N) is 2. The Bertz CT molecular complexity index is 1300. The highest BCUT2D eigenvalue weighted by Gasteiger charge is 2.29. The summed E-state index contributed by atoms with van der Waals surface area (Å²) in [5, 5.41) is 20.9. The van der Waals surface area contributed by atoms with Gasteiger partial charge in [0, 0.05) is 18.0 Å². The molecule has 0 atom stereocenters. The molecule has 1 aromatic heterocycles. The summed E-state index contributed by atoms with van der Waals surface area (Å²) in [5.74, 6) is -1.58. The molecule has 0 radical (unpaired) electrons. The number of hydrogen-bond acceptors (Lipinski definition) is 6. The maximum atomic E-state index is 13.2. The van der Waals surface area contributed by atoms with E-state index in [0.29, 0.717) is 11.1 Å². The van der Waals surface area contributed by atoms with E-state index >= 15 is 0 Å². The van der Waals surface area contributed by atoms with Crippen molar-refractivity contribution in [1.82, 2.24) is 4.57 Å². The molecule has 154 valence electrons. The molecule has 1 amide bonds. The highest BCUT2D eigenvalue weighted by molar-refractivity contribution is 7.87. The summed E-state index contributed by atoms with van der Waals surface area (Å²) >= 11 is 0. The SMILES string of the molecule is CC(=O)Nc1cccc2c1c(S(=O)(=O)Oc1ccc(C#N)cc1)c(C)n2CC(=O)O. The van der Waals surface area contributed by atoms with Crippen molar-refractivity contribution in [3.63, 3.8) is 0 Å². The monoisotopic (exact) mass is 427 g/mol.